The third-order valence-corrected chi connectivity index (χ3v) is 4.10. The van der Waals surface area contributed by atoms with Crippen LogP contribution >= 0.6 is 15.9 Å². The molecule has 0 saturated heterocycles. The van der Waals surface area contributed by atoms with Crippen LogP contribution < -0.4 is 15.0 Å². The SMILES string of the molecule is COc1ccc(NC(=O)CN2C(=O)C(=O)c3cc(Br)ccc32)cc1. The van der Waals surface area contributed by atoms with Crippen LogP contribution in [0.4, 0.5) is 11.4 Å². The van der Waals surface area contributed by atoms with Crippen molar-refractivity contribution in [3.8, 4) is 5.75 Å². The molecule has 1 heterocycles. The Labute approximate surface area is 146 Å². The van der Waals surface area contributed by atoms with E-state index in [0.29, 0.717) is 27.2 Å². The van der Waals surface area contributed by atoms with Crippen LogP contribution in [-0.2, 0) is 9.59 Å². The van der Waals surface area contributed by atoms with Crippen molar-refractivity contribution in [3.05, 3.63) is 52.5 Å². The summed E-state index contributed by atoms with van der Waals surface area (Å²) in [5.74, 6) is -1.03. The minimum absolute atomic E-state index is 0.231. The van der Waals surface area contributed by atoms with Gasteiger partial charge in [0, 0.05) is 10.2 Å². The Kier molecular flexibility index (Phi) is 4.35. The van der Waals surface area contributed by atoms with Crippen LogP contribution in [0.1, 0.15) is 10.4 Å². The minimum atomic E-state index is -0.701. The van der Waals surface area contributed by atoms with E-state index in [2.05, 4.69) is 21.2 Å². The topological polar surface area (TPSA) is 75.7 Å². The van der Waals surface area contributed by atoms with Crippen LogP contribution in [0.3, 0.4) is 0 Å². The van der Waals surface area contributed by atoms with Gasteiger partial charge in [0.15, 0.2) is 0 Å². The molecule has 0 aromatic heterocycles. The maximum Gasteiger partial charge on any atom is 0.299 e. The van der Waals surface area contributed by atoms with E-state index in [-0.39, 0.29) is 6.54 Å². The molecule has 0 spiro atoms. The first-order valence-corrected chi connectivity index (χ1v) is 7.88. The van der Waals surface area contributed by atoms with E-state index in [9.17, 15) is 14.4 Å². The Morgan fingerprint density at radius 2 is 1.88 bits per heavy atom. The zero-order valence-corrected chi connectivity index (χ0v) is 14.3. The normalized spacial score (nSPS) is 13.0. The smallest absolute Gasteiger partial charge is 0.299 e. The van der Waals surface area contributed by atoms with Crippen LogP contribution in [0, 0.1) is 0 Å². The number of halogens is 1. The molecule has 122 valence electrons. The van der Waals surface area contributed by atoms with Gasteiger partial charge in [0.25, 0.3) is 11.7 Å². The van der Waals surface area contributed by atoms with Gasteiger partial charge in [0.1, 0.15) is 12.3 Å². The Morgan fingerprint density at radius 1 is 1.17 bits per heavy atom. The number of hydrogen-bond acceptors (Lipinski definition) is 4. The Hall–Kier alpha value is -2.67. The summed E-state index contributed by atoms with van der Waals surface area (Å²) in [6.07, 6.45) is 0. The molecule has 0 unspecified atom stereocenters. The highest BCUT2D eigenvalue weighted by Crippen LogP contribution is 2.31. The fraction of sp³-hybridized carbons (Fsp3) is 0.118. The summed E-state index contributed by atoms with van der Waals surface area (Å²) < 4.78 is 5.75. The first-order chi connectivity index (χ1) is 11.5. The quantitative estimate of drug-likeness (QED) is 0.816. The lowest BCUT2D eigenvalue weighted by Crippen LogP contribution is -2.37. The zero-order valence-electron chi connectivity index (χ0n) is 12.7. The van der Waals surface area contributed by atoms with Crippen LogP contribution in [0.25, 0.3) is 0 Å². The van der Waals surface area contributed by atoms with E-state index in [0.717, 1.165) is 0 Å². The highest BCUT2D eigenvalue weighted by Gasteiger charge is 2.36. The number of ether oxygens (including phenoxy) is 1. The predicted octanol–water partition coefficient (Wildman–Crippen LogP) is 2.63. The number of hydrogen-bond donors (Lipinski definition) is 1. The van der Waals surface area contributed by atoms with Crippen molar-refractivity contribution in [1.29, 1.82) is 0 Å². The van der Waals surface area contributed by atoms with Crippen LogP contribution in [-0.4, -0.2) is 31.3 Å². The number of anilines is 2. The van der Waals surface area contributed by atoms with Gasteiger partial charge in [-0.05, 0) is 42.5 Å². The predicted molar refractivity (Wildman–Crippen MR) is 92.4 cm³/mol. The second-order valence-corrected chi connectivity index (χ2v) is 6.07. The second-order valence-electron chi connectivity index (χ2n) is 5.16. The molecular weight excluding hydrogens is 376 g/mol. The van der Waals surface area contributed by atoms with Gasteiger partial charge >= 0.3 is 0 Å². The lowest BCUT2D eigenvalue weighted by atomic mass is 10.1. The van der Waals surface area contributed by atoms with Gasteiger partial charge in [-0.25, -0.2) is 0 Å². The van der Waals surface area contributed by atoms with Crippen molar-refractivity contribution < 1.29 is 19.1 Å². The van der Waals surface area contributed by atoms with Crippen molar-refractivity contribution in [2.45, 2.75) is 0 Å². The van der Waals surface area contributed by atoms with Crippen LogP contribution in [0.15, 0.2) is 46.9 Å². The molecule has 0 aliphatic carbocycles. The lowest BCUT2D eigenvalue weighted by molar-refractivity contribution is -0.118. The molecule has 1 N–H and O–H groups in total. The molecule has 2 aromatic carbocycles. The molecule has 0 atom stereocenters. The average Bonchev–Trinajstić information content (AvgIpc) is 2.80. The standard InChI is InChI=1S/C17H13BrN2O4/c1-24-12-5-3-11(4-6-12)19-15(21)9-20-14-7-2-10(18)8-13(14)16(22)17(20)23/h2-8H,9H2,1H3,(H,19,21). The molecule has 1 aliphatic rings. The molecule has 2 aromatic rings. The summed E-state index contributed by atoms with van der Waals surface area (Å²) in [7, 11) is 1.55. The molecule has 6 nitrogen and oxygen atoms in total. The van der Waals surface area contributed by atoms with Crippen LogP contribution in [0.5, 0.6) is 5.75 Å². The number of benzene rings is 2. The van der Waals surface area contributed by atoms with Gasteiger partial charge in [-0.2, -0.15) is 0 Å². The second kappa shape index (κ2) is 6.45. The maximum absolute atomic E-state index is 12.2. The fourth-order valence-electron chi connectivity index (χ4n) is 2.45. The lowest BCUT2D eigenvalue weighted by Gasteiger charge is -2.16. The third-order valence-electron chi connectivity index (χ3n) is 3.61. The maximum atomic E-state index is 12.2. The van der Waals surface area contributed by atoms with Gasteiger partial charge < -0.3 is 10.1 Å². The Bertz CT molecular complexity index is 833. The number of fused-ring (bicyclic) bond motifs is 1. The third kappa shape index (κ3) is 3.03. The number of ketones is 1. The van der Waals surface area contributed by atoms with Crippen molar-refractivity contribution in [2.75, 3.05) is 23.9 Å². The number of rotatable bonds is 4. The number of carbonyl (C=O) groups excluding carboxylic acids is 3. The first-order valence-electron chi connectivity index (χ1n) is 7.09. The summed E-state index contributed by atoms with van der Waals surface area (Å²) in [6, 6.07) is 11.8. The number of nitrogens with one attached hydrogen (secondary N) is 1. The summed E-state index contributed by atoms with van der Waals surface area (Å²) in [5, 5.41) is 2.69. The first kappa shape index (κ1) is 16.2. The molecule has 2 amide bonds. The number of Topliss-reactive ketones (excluding diaryl/α,β-unsaturated/α-hetero) is 1. The molecule has 0 bridgehead atoms. The van der Waals surface area contributed by atoms with Crippen molar-refractivity contribution in [3.63, 3.8) is 0 Å². The highest BCUT2D eigenvalue weighted by molar-refractivity contribution is 9.10. The van der Waals surface area contributed by atoms with E-state index in [4.69, 9.17) is 4.74 Å². The van der Waals surface area contributed by atoms with Gasteiger partial charge in [0.05, 0.1) is 18.4 Å². The molecule has 0 radical (unpaired) electrons. The molecule has 3 rings (SSSR count). The molecule has 1 aliphatic heterocycles. The van der Waals surface area contributed by atoms with Crippen molar-refractivity contribution in [1.82, 2.24) is 0 Å². The highest BCUT2D eigenvalue weighted by atomic mass is 79.9. The molecule has 24 heavy (non-hydrogen) atoms. The minimum Gasteiger partial charge on any atom is -0.497 e. The summed E-state index contributed by atoms with van der Waals surface area (Å²) in [4.78, 5) is 37.5. The number of nitrogens with zero attached hydrogens (tertiary/aromatic N) is 1. The van der Waals surface area contributed by atoms with E-state index >= 15 is 0 Å². The van der Waals surface area contributed by atoms with E-state index in [1.54, 1.807) is 49.6 Å². The van der Waals surface area contributed by atoms with Crippen LogP contribution in [0.2, 0.25) is 0 Å². The Morgan fingerprint density at radius 3 is 2.54 bits per heavy atom. The van der Waals surface area contributed by atoms with E-state index < -0.39 is 17.6 Å². The summed E-state index contributed by atoms with van der Waals surface area (Å²) in [5.41, 5.74) is 1.32. The van der Waals surface area contributed by atoms with Crippen molar-refractivity contribution >= 4 is 44.9 Å². The number of carbonyl (C=O) groups is 3. The monoisotopic (exact) mass is 388 g/mol. The van der Waals surface area contributed by atoms with E-state index in [1.165, 1.54) is 4.90 Å². The number of amides is 2. The Balaban J connectivity index is 1.75. The fourth-order valence-corrected chi connectivity index (χ4v) is 2.81. The molecule has 0 fully saturated rings. The van der Waals surface area contributed by atoms with Gasteiger partial charge in [0.2, 0.25) is 5.91 Å². The molecular formula is C17H13BrN2O4. The summed E-state index contributed by atoms with van der Waals surface area (Å²) in [6.45, 7) is -0.231. The van der Waals surface area contributed by atoms with Gasteiger partial charge in [-0.15, -0.1) is 0 Å². The zero-order chi connectivity index (χ0) is 17.3. The largest absolute Gasteiger partial charge is 0.497 e. The van der Waals surface area contributed by atoms with Gasteiger partial charge in [-0.3, -0.25) is 19.3 Å². The summed E-state index contributed by atoms with van der Waals surface area (Å²) >= 11 is 3.27. The molecule has 0 saturated carbocycles. The van der Waals surface area contributed by atoms with Crippen molar-refractivity contribution in [2.24, 2.45) is 0 Å². The number of methoxy groups -OCH3 is 1. The van der Waals surface area contributed by atoms with Gasteiger partial charge in [-0.1, -0.05) is 15.9 Å². The average molecular weight is 389 g/mol. The molecule has 7 heteroatoms. The van der Waals surface area contributed by atoms with E-state index in [1.807, 2.05) is 0 Å².